The monoisotopic (exact) mass is 243 g/mol. The lowest BCUT2D eigenvalue weighted by atomic mass is 10.0. The number of nitrogens with zero attached hydrogens (tertiary/aromatic N) is 1. The van der Waals surface area contributed by atoms with Crippen molar-refractivity contribution < 1.29 is 8.78 Å². The molecule has 0 heterocycles. The second-order valence-electron chi connectivity index (χ2n) is 3.97. The highest BCUT2D eigenvalue weighted by Gasteiger charge is 2.08. The summed E-state index contributed by atoms with van der Waals surface area (Å²) < 4.78 is 27.4. The first-order chi connectivity index (χ1) is 8.65. The van der Waals surface area contributed by atoms with Gasteiger partial charge in [0.2, 0.25) is 0 Å². The zero-order valence-electron chi connectivity index (χ0n) is 9.87. The van der Waals surface area contributed by atoms with E-state index in [9.17, 15) is 8.78 Å². The van der Waals surface area contributed by atoms with Gasteiger partial charge in [-0.15, -0.1) is 0 Å². The fourth-order valence-corrected chi connectivity index (χ4v) is 1.82. The van der Waals surface area contributed by atoms with Gasteiger partial charge in [-0.25, -0.2) is 8.78 Å². The van der Waals surface area contributed by atoms with Gasteiger partial charge in [0.1, 0.15) is 11.6 Å². The van der Waals surface area contributed by atoms with Crippen molar-refractivity contribution in [3.63, 3.8) is 0 Å². The Balaban J connectivity index is 2.49. The summed E-state index contributed by atoms with van der Waals surface area (Å²) in [5.41, 5.74) is 1.64. The maximum absolute atomic E-state index is 13.8. The zero-order chi connectivity index (χ0) is 13.1. The molecule has 0 aromatic heterocycles. The van der Waals surface area contributed by atoms with Gasteiger partial charge in [0.05, 0.1) is 11.6 Å². The molecule has 0 unspecified atom stereocenters. The highest BCUT2D eigenvalue weighted by molar-refractivity contribution is 5.65. The number of aryl methyl sites for hydroxylation is 1. The molecular formula is C15H11F2N. The number of nitriles is 1. The smallest absolute Gasteiger partial charge is 0.132 e. The number of halogens is 2. The maximum Gasteiger partial charge on any atom is 0.132 e. The molecule has 0 aliphatic carbocycles. The van der Waals surface area contributed by atoms with Crippen molar-refractivity contribution in [2.24, 2.45) is 0 Å². The van der Waals surface area contributed by atoms with E-state index in [1.165, 1.54) is 18.2 Å². The van der Waals surface area contributed by atoms with E-state index >= 15 is 0 Å². The average Bonchev–Trinajstić information content (AvgIpc) is 2.38. The number of hydrogen-bond donors (Lipinski definition) is 0. The van der Waals surface area contributed by atoms with E-state index in [1.54, 1.807) is 12.1 Å². The Hall–Kier alpha value is -2.21. The predicted molar refractivity (Wildman–Crippen MR) is 65.9 cm³/mol. The summed E-state index contributed by atoms with van der Waals surface area (Å²) in [7, 11) is 0. The summed E-state index contributed by atoms with van der Waals surface area (Å²) in [4.78, 5) is 0. The van der Waals surface area contributed by atoms with Gasteiger partial charge in [-0.3, -0.25) is 0 Å². The molecule has 0 atom stereocenters. The van der Waals surface area contributed by atoms with Crippen LogP contribution in [-0.4, -0.2) is 0 Å². The van der Waals surface area contributed by atoms with Crippen LogP contribution >= 0.6 is 0 Å². The minimum absolute atomic E-state index is 0.252. The van der Waals surface area contributed by atoms with Crippen LogP contribution in [0.25, 0.3) is 11.1 Å². The summed E-state index contributed by atoms with van der Waals surface area (Å²) in [6.07, 6.45) is 0.599. The van der Waals surface area contributed by atoms with Gasteiger partial charge in [-0.1, -0.05) is 25.1 Å². The molecule has 0 saturated carbocycles. The highest BCUT2D eigenvalue weighted by Crippen LogP contribution is 2.25. The Kier molecular flexibility index (Phi) is 3.38. The van der Waals surface area contributed by atoms with Gasteiger partial charge >= 0.3 is 0 Å². The lowest BCUT2D eigenvalue weighted by molar-refractivity contribution is 0.611. The first-order valence-electron chi connectivity index (χ1n) is 5.64. The molecule has 1 nitrogen and oxygen atoms in total. The first-order valence-corrected chi connectivity index (χ1v) is 5.64. The van der Waals surface area contributed by atoms with Crippen molar-refractivity contribution in [1.82, 2.24) is 0 Å². The standard InChI is InChI=1S/C15H11F2N/c1-2-11-4-5-12(8-14(11)16)13-6-3-10(9-18)7-15(13)17/h3-8H,2H2,1H3. The maximum atomic E-state index is 13.8. The Morgan fingerprint density at radius 2 is 1.83 bits per heavy atom. The molecule has 0 saturated heterocycles. The lowest BCUT2D eigenvalue weighted by Gasteiger charge is -2.06. The molecule has 2 rings (SSSR count). The SMILES string of the molecule is CCc1ccc(-c2ccc(C#N)cc2F)cc1F. The minimum Gasteiger partial charge on any atom is -0.207 e. The van der Waals surface area contributed by atoms with Crippen LogP contribution < -0.4 is 0 Å². The van der Waals surface area contributed by atoms with Gasteiger partial charge in [-0.2, -0.15) is 5.26 Å². The summed E-state index contributed by atoms with van der Waals surface area (Å²) in [5.74, 6) is -0.851. The summed E-state index contributed by atoms with van der Waals surface area (Å²) in [6, 6.07) is 10.7. The Morgan fingerprint density at radius 1 is 1.06 bits per heavy atom. The molecule has 0 fully saturated rings. The second kappa shape index (κ2) is 4.97. The van der Waals surface area contributed by atoms with Crippen molar-refractivity contribution in [1.29, 1.82) is 5.26 Å². The molecule has 3 heteroatoms. The van der Waals surface area contributed by atoms with Gasteiger partial charge in [0.15, 0.2) is 0 Å². The topological polar surface area (TPSA) is 23.8 Å². The molecule has 0 N–H and O–H groups in total. The molecular weight excluding hydrogens is 232 g/mol. The predicted octanol–water partition coefficient (Wildman–Crippen LogP) is 4.07. The Morgan fingerprint density at radius 3 is 2.39 bits per heavy atom. The van der Waals surface area contributed by atoms with E-state index < -0.39 is 5.82 Å². The highest BCUT2D eigenvalue weighted by atomic mass is 19.1. The summed E-state index contributed by atoms with van der Waals surface area (Å²) >= 11 is 0. The molecule has 2 aromatic rings. The molecule has 0 radical (unpaired) electrons. The van der Waals surface area contributed by atoms with Crippen LogP contribution in [0.5, 0.6) is 0 Å². The number of benzene rings is 2. The Bertz CT molecular complexity index is 627. The van der Waals surface area contributed by atoms with Crippen molar-refractivity contribution in [2.75, 3.05) is 0 Å². The van der Waals surface area contributed by atoms with Crippen molar-refractivity contribution in [3.8, 4) is 17.2 Å². The molecule has 0 aliphatic heterocycles. The third-order valence-electron chi connectivity index (χ3n) is 2.84. The van der Waals surface area contributed by atoms with Gasteiger partial charge < -0.3 is 0 Å². The van der Waals surface area contributed by atoms with E-state index in [1.807, 2.05) is 13.0 Å². The Labute approximate surface area is 104 Å². The lowest BCUT2D eigenvalue weighted by Crippen LogP contribution is -1.91. The van der Waals surface area contributed by atoms with E-state index in [2.05, 4.69) is 0 Å². The van der Waals surface area contributed by atoms with Crippen LogP contribution in [0.1, 0.15) is 18.1 Å². The van der Waals surface area contributed by atoms with Gasteiger partial charge in [0.25, 0.3) is 0 Å². The third kappa shape index (κ3) is 2.23. The molecule has 0 bridgehead atoms. The van der Waals surface area contributed by atoms with E-state index in [0.29, 0.717) is 23.1 Å². The largest absolute Gasteiger partial charge is 0.207 e. The quantitative estimate of drug-likeness (QED) is 0.780. The number of hydrogen-bond acceptors (Lipinski definition) is 1. The van der Waals surface area contributed by atoms with Crippen LogP contribution in [0.4, 0.5) is 8.78 Å². The van der Waals surface area contributed by atoms with Gasteiger partial charge in [0, 0.05) is 5.56 Å². The fraction of sp³-hybridized carbons (Fsp3) is 0.133. The molecule has 0 spiro atoms. The second-order valence-corrected chi connectivity index (χ2v) is 3.97. The molecule has 0 aliphatic rings. The average molecular weight is 243 g/mol. The van der Waals surface area contributed by atoms with Crippen molar-refractivity contribution in [2.45, 2.75) is 13.3 Å². The van der Waals surface area contributed by atoms with E-state index in [4.69, 9.17) is 5.26 Å². The minimum atomic E-state index is -0.516. The normalized spacial score (nSPS) is 10.1. The van der Waals surface area contributed by atoms with E-state index in [0.717, 1.165) is 6.07 Å². The molecule has 2 aromatic carbocycles. The fourth-order valence-electron chi connectivity index (χ4n) is 1.82. The number of rotatable bonds is 2. The summed E-state index contributed by atoms with van der Waals surface area (Å²) in [6.45, 7) is 1.86. The van der Waals surface area contributed by atoms with Crippen LogP contribution in [-0.2, 0) is 6.42 Å². The van der Waals surface area contributed by atoms with Crippen LogP contribution in [0.3, 0.4) is 0 Å². The van der Waals surface area contributed by atoms with E-state index in [-0.39, 0.29) is 11.4 Å². The van der Waals surface area contributed by atoms with Crippen LogP contribution in [0.15, 0.2) is 36.4 Å². The van der Waals surface area contributed by atoms with Crippen molar-refractivity contribution >= 4 is 0 Å². The third-order valence-corrected chi connectivity index (χ3v) is 2.84. The zero-order valence-corrected chi connectivity index (χ0v) is 9.87. The van der Waals surface area contributed by atoms with Crippen molar-refractivity contribution in [3.05, 3.63) is 59.2 Å². The molecule has 18 heavy (non-hydrogen) atoms. The molecule has 90 valence electrons. The van der Waals surface area contributed by atoms with Gasteiger partial charge in [-0.05, 0) is 35.7 Å². The molecule has 0 amide bonds. The first kappa shape index (κ1) is 12.3. The summed E-state index contributed by atoms with van der Waals surface area (Å²) in [5, 5.41) is 8.66. The van der Waals surface area contributed by atoms with Crippen LogP contribution in [0, 0.1) is 23.0 Å². The van der Waals surface area contributed by atoms with Crippen LogP contribution in [0.2, 0.25) is 0 Å².